The van der Waals surface area contributed by atoms with Gasteiger partial charge in [0.15, 0.2) is 11.3 Å². The quantitative estimate of drug-likeness (QED) is 0.279. The van der Waals surface area contributed by atoms with E-state index in [1.54, 1.807) is 36.4 Å². The number of Topliss-reactive ketones (excluding diaryl/α,β-unsaturated/α-hetero) is 1. The SMILES string of the molecule is COc1cc(C(=O)NC(=O)[C@H](Cc2ccccc2)NC(=O)[C@H](C)NC(=O)[C@]2(C)NC(=O)CCCC2=O)cc2ccccc12. The summed E-state index contributed by atoms with van der Waals surface area (Å²) in [5, 5.41) is 11.5. The third-order valence-corrected chi connectivity index (χ3v) is 7.41. The molecule has 0 radical (unpaired) electrons. The van der Waals surface area contributed by atoms with Crippen LogP contribution < -0.4 is 26.0 Å². The van der Waals surface area contributed by atoms with E-state index in [0.717, 1.165) is 16.3 Å². The Morgan fingerprint density at radius 1 is 0.930 bits per heavy atom. The summed E-state index contributed by atoms with van der Waals surface area (Å²) < 4.78 is 5.43. The van der Waals surface area contributed by atoms with Crippen molar-refractivity contribution >= 4 is 46.1 Å². The van der Waals surface area contributed by atoms with Gasteiger partial charge in [-0.3, -0.25) is 34.1 Å². The van der Waals surface area contributed by atoms with Crippen LogP contribution in [0.5, 0.6) is 5.75 Å². The van der Waals surface area contributed by atoms with Crippen LogP contribution in [-0.4, -0.2) is 60.1 Å². The normalized spacial score (nSPS) is 18.0. The standard InChI is InChI=1S/C32H34N4O7/c1-19(33-31(42)32(2)26(37)14-9-15-27(38)36-32)28(39)34-24(16-20-10-5-4-6-11-20)30(41)35-29(40)22-17-21-12-7-8-13-23(21)25(18-22)43-3/h4-8,10-13,17-19,24H,9,14-16H2,1-3H3,(H,33,42)(H,34,39)(H,36,38)(H,35,40,41)/t19-,24-,32+/m0/s1. The maximum atomic E-state index is 13.4. The number of hydrogen-bond acceptors (Lipinski definition) is 7. The van der Waals surface area contributed by atoms with Gasteiger partial charge in [-0.2, -0.15) is 0 Å². The molecule has 1 heterocycles. The van der Waals surface area contributed by atoms with Gasteiger partial charge in [-0.15, -0.1) is 0 Å². The number of methoxy groups -OCH3 is 1. The van der Waals surface area contributed by atoms with Crippen LogP contribution in [-0.2, 0) is 30.4 Å². The van der Waals surface area contributed by atoms with E-state index in [1.807, 2.05) is 24.3 Å². The maximum Gasteiger partial charge on any atom is 0.258 e. The van der Waals surface area contributed by atoms with Gasteiger partial charge in [-0.25, -0.2) is 0 Å². The number of rotatable bonds is 9. The van der Waals surface area contributed by atoms with Crippen molar-refractivity contribution < 1.29 is 33.5 Å². The van der Waals surface area contributed by atoms with E-state index in [1.165, 1.54) is 27.0 Å². The Hall–Kier alpha value is -5.06. The molecule has 224 valence electrons. The van der Waals surface area contributed by atoms with Gasteiger partial charge in [0.2, 0.25) is 17.7 Å². The van der Waals surface area contributed by atoms with Gasteiger partial charge in [0, 0.05) is 30.2 Å². The summed E-state index contributed by atoms with van der Waals surface area (Å²) in [5.74, 6) is -3.43. The van der Waals surface area contributed by atoms with E-state index in [9.17, 15) is 28.8 Å². The largest absolute Gasteiger partial charge is 0.496 e. The highest BCUT2D eigenvalue weighted by Gasteiger charge is 2.44. The van der Waals surface area contributed by atoms with Gasteiger partial charge >= 0.3 is 0 Å². The van der Waals surface area contributed by atoms with Gasteiger partial charge in [0.1, 0.15) is 17.8 Å². The molecular formula is C32H34N4O7. The lowest BCUT2D eigenvalue weighted by atomic mass is 9.93. The van der Waals surface area contributed by atoms with Crippen molar-refractivity contribution in [3.05, 3.63) is 77.9 Å². The Labute approximate surface area is 248 Å². The minimum Gasteiger partial charge on any atom is -0.496 e. The van der Waals surface area contributed by atoms with Gasteiger partial charge in [-0.1, -0.05) is 54.6 Å². The van der Waals surface area contributed by atoms with E-state index in [2.05, 4.69) is 21.3 Å². The van der Waals surface area contributed by atoms with Crippen molar-refractivity contribution in [1.82, 2.24) is 21.3 Å². The number of ketones is 1. The zero-order valence-electron chi connectivity index (χ0n) is 24.2. The van der Waals surface area contributed by atoms with E-state index in [4.69, 9.17) is 4.74 Å². The third-order valence-electron chi connectivity index (χ3n) is 7.41. The second-order valence-electron chi connectivity index (χ2n) is 10.6. The summed E-state index contributed by atoms with van der Waals surface area (Å²) in [5.41, 5.74) is -0.910. The van der Waals surface area contributed by atoms with Crippen molar-refractivity contribution in [1.29, 1.82) is 0 Å². The second kappa shape index (κ2) is 13.3. The summed E-state index contributed by atoms with van der Waals surface area (Å²) in [6.07, 6.45) is 0.537. The van der Waals surface area contributed by atoms with Gasteiger partial charge in [0.25, 0.3) is 11.8 Å². The van der Waals surface area contributed by atoms with Crippen LogP contribution in [0.1, 0.15) is 49.0 Å². The van der Waals surface area contributed by atoms with Crippen LogP contribution in [0.15, 0.2) is 66.7 Å². The van der Waals surface area contributed by atoms with Gasteiger partial charge in [-0.05, 0) is 43.4 Å². The van der Waals surface area contributed by atoms with E-state index >= 15 is 0 Å². The Morgan fingerprint density at radius 3 is 2.35 bits per heavy atom. The van der Waals surface area contributed by atoms with Crippen LogP contribution in [0.25, 0.3) is 10.8 Å². The zero-order valence-corrected chi connectivity index (χ0v) is 24.2. The predicted octanol–water partition coefficient (Wildman–Crippen LogP) is 1.96. The average molecular weight is 587 g/mol. The molecule has 3 aromatic rings. The lowest BCUT2D eigenvalue weighted by Gasteiger charge is -2.28. The first-order valence-electron chi connectivity index (χ1n) is 13.9. The highest BCUT2D eigenvalue weighted by atomic mass is 16.5. The minimum absolute atomic E-state index is 0.0413. The van der Waals surface area contributed by atoms with Crippen molar-refractivity contribution in [2.24, 2.45) is 0 Å². The molecule has 0 spiro atoms. The number of ether oxygens (including phenoxy) is 1. The highest BCUT2D eigenvalue weighted by Crippen LogP contribution is 2.27. The molecule has 43 heavy (non-hydrogen) atoms. The molecule has 0 saturated carbocycles. The van der Waals surface area contributed by atoms with Crippen LogP contribution in [0.3, 0.4) is 0 Å². The molecule has 3 aromatic carbocycles. The fraction of sp³-hybridized carbons (Fsp3) is 0.312. The Kier molecular flexibility index (Phi) is 9.54. The summed E-state index contributed by atoms with van der Waals surface area (Å²) in [6, 6.07) is 17.0. The number of benzene rings is 3. The predicted molar refractivity (Wildman–Crippen MR) is 158 cm³/mol. The monoisotopic (exact) mass is 586 g/mol. The van der Waals surface area contributed by atoms with Crippen LogP contribution in [0, 0.1) is 0 Å². The van der Waals surface area contributed by atoms with Crippen LogP contribution in [0.2, 0.25) is 0 Å². The Balaban J connectivity index is 1.50. The Morgan fingerprint density at radius 2 is 1.63 bits per heavy atom. The molecule has 11 heteroatoms. The zero-order chi connectivity index (χ0) is 31.1. The lowest BCUT2D eigenvalue weighted by Crippen LogP contribution is -2.63. The first-order chi connectivity index (χ1) is 20.5. The van der Waals surface area contributed by atoms with Crippen LogP contribution in [0.4, 0.5) is 0 Å². The fourth-order valence-corrected chi connectivity index (χ4v) is 4.86. The molecule has 1 saturated heterocycles. The molecule has 0 aliphatic carbocycles. The summed E-state index contributed by atoms with van der Waals surface area (Å²) in [7, 11) is 1.49. The Bertz CT molecular complexity index is 1570. The molecule has 0 aromatic heterocycles. The van der Waals surface area contributed by atoms with Crippen molar-refractivity contribution in [2.75, 3.05) is 7.11 Å². The maximum absolute atomic E-state index is 13.4. The molecule has 4 N–H and O–H groups in total. The van der Waals surface area contributed by atoms with E-state index in [-0.39, 0.29) is 24.8 Å². The molecule has 5 amide bonds. The summed E-state index contributed by atoms with van der Waals surface area (Å²) in [6.45, 7) is 2.70. The molecule has 11 nitrogen and oxygen atoms in total. The number of amides is 5. The van der Waals surface area contributed by atoms with Crippen molar-refractivity contribution in [3.63, 3.8) is 0 Å². The number of fused-ring (bicyclic) bond motifs is 1. The smallest absolute Gasteiger partial charge is 0.258 e. The van der Waals surface area contributed by atoms with Gasteiger partial charge < -0.3 is 20.7 Å². The third kappa shape index (κ3) is 7.24. The molecule has 1 aliphatic rings. The van der Waals surface area contributed by atoms with E-state index < -0.39 is 52.9 Å². The second-order valence-corrected chi connectivity index (χ2v) is 10.6. The van der Waals surface area contributed by atoms with Crippen molar-refractivity contribution in [2.45, 2.75) is 57.2 Å². The molecule has 0 unspecified atom stereocenters. The molecule has 0 bridgehead atoms. The number of hydrogen-bond donors (Lipinski definition) is 4. The first-order valence-corrected chi connectivity index (χ1v) is 13.9. The summed E-state index contributed by atoms with van der Waals surface area (Å²) in [4.78, 5) is 77.4. The molecule has 1 fully saturated rings. The van der Waals surface area contributed by atoms with E-state index in [0.29, 0.717) is 12.2 Å². The number of nitrogens with one attached hydrogen (secondary N) is 4. The average Bonchev–Trinajstić information content (AvgIpc) is 3.13. The molecular weight excluding hydrogens is 552 g/mol. The topological polar surface area (TPSA) is 160 Å². The number of carbonyl (C=O) groups is 6. The lowest BCUT2D eigenvalue weighted by molar-refractivity contribution is -0.141. The molecule has 1 aliphatic heterocycles. The molecule has 3 atom stereocenters. The number of carbonyl (C=O) groups excluding carboxylic acids is 6. The fourth-order valence-electron chi connectivity index (χ4n) is 4.86. The molecule has 4 rings (SSSR count). The minimum atomic E-state index is -1.82. The van der Waals surface area contributed by atoms with Crippen LogP contribution >= 0.6 is 0 Å². The highest BCUT2D eigenvalue weighted by molar-refractivity contribution is 6.14. The summed E-state index contributed by atoms with van der Waals surface area (Å²) >= 11 is 0. The van der Waals surface area contributed by atoms with Gasteiger partial charge in [0.05, 0.1) is 7.11 Å². The number of imide groups is 1. The first kappa shape index (κ1) is 30.9. The van der Waals surface area contributed by atoms with Crippen molar-refractivity contribution in [3.8, 4) is 5.75 Å².